The maximum Gasteiger partial charge on any atom is 0.317 e. The van der Waals surface area contributed by atoms with E-state index < -0.39 is 11.2 Å². The Balaban J connectivity index is 2.47. The second-order valence-electron chi connectivity index (χ2n) is 2.21. The van der Waals surface area contributed by atoms with Gasteiger partial charge in [0, 0.05) is 6.42 Å². The maximum absolute atomic E-state index is 10.7. The van der Waals surface area contributed by atoms with Crippen LogP contribution in [0.4, 0.5) is 0 Å². The largest absolute Gasteiger partial charge is 0.480 e. The fourth-order valence-corrected chi connectivity index (χ4v) is 1.85. The maximum atomic E-state index is 10.7. The first-order valence-corrected chi connectivity index (χ1v) is 4.00. The highest BCUT2D eigenvalue weighted by atomic mass is 32.2. The van der Waals surface area contributed by atoms with E-state index in [2.05, 4.69) is 0 Å². The van der Waals surface area contributed by atoms with E-state index in [1.54, 1.807) is 0 Å². The third kappa shape index (κ3) is 1.73. The SMILES string of the molecule is O=C1CCCC(C(=O)O)S1. The minimum absolute atomic E-state index is 0.0126. The molecule has 1 heterocycles. The van der Waals surface area contributed by atoms with Crippen LogP contribution in [0.2, 0.25) is 0 Å². The van der Waals surface area contributed by atoms with Crippen LogP contribution in [0.15, 0.2) is 0 Å². The molecule has 1 unspecified atom stereocenters. The molecule has 0 saturated carbocycles. The second kappa shape index (κ2) is 3.05. The van der Waals surface area contributed by atoms with Crippen molar-refractivity contribution in [1.29, 1.82) is 0 Å². The van der Waals surface area contributed by atoms with E-state index in [1.807, 2.05) is 0 Å². The molecule has 0 aromatic heterocycles. The van der Waals surface area contributed by atoms with Gasteiger partial charge >= 0.3 is 5.97 Å². The first-order chi connectivity index (χ1) is 4.70. The van der Waals surface area contributed by atoms with Crippen molar-refractivity contribution in [1.82, 2.24) is 0 Å². The summed E-state index contributed by atoms with van der Waals surface area (Å²) in [4.78, 5) is 21.0. The van der Waals surface area contributed by atoms with Crippen molar-refractivity contribution < 1.29 is 14.7 Å². The van der Waals surface area contributed by atoms with Gasteiger partial charge in [0.1, 0.15) is 5.25 Å². The van der Waals surface area contributed by atoms with Gasteiger partial charge < -0.3 is 5.11 Å². The lowest BCUT2D eigenvalue weighted by atomic mass is 10.2. The number of rotatable bonds is 1. The monoisotopic (exact) mass is 160 g/mol. The molecule has 1 N–H and O–H groups in total. The summed E-state index contributed by atoms with van der Waals surface area (Å²) in [6.07, 6.45) is 1.89. The van der Waals surface area contributed by atoms with E-state index in [4.69, 9.17) is 5.11 Å². The van der Waals surface area contributed by atoms with Crippen LogP contribution in [-0.4, -0.2) is 21.4 Å². The summed E-state index contributed by atoms with van der Waals surface area (Å²) >= 11 is 0.956. The minimum atomic E-state index is -0.863. The summed E-state index contributed by atoms with van der Waals surface area (Å²) < 4.78 is 0. The summed E-state index contributed by atoms with van der Waals surface area (Å²) in [6.45, 7) is 0. The molecule has 0 bridgehead atoms. The molecule has 1 aliphatic heterocycles. The molecule has 0 aromatic rings. The van der Waals surface area contributed by atoms with Crippen LogP contribution in [0.5, 0.6) is 0 Å². The van der Waals surface area contributed by atoms with Crippen LogP contribution < -0.4 is 0 Å². The summed E-state index contributed by atoms with van der Waals surface area (Å²) in [5.74, 6) is -0.863. The number of carbonyl (C=O) groups excluding carboxylic acids is 1. The Kier molecular flexibility index (Phi) is 2.32. The molecule has 1 saturated heterocycles. The molecule has 0 aromatic carbocycles. The predicted octanol–water partition coefficient (Wildman–Crippen LogP) is 0.883. The van der Waals surface area contributed by atoms with Crippen LogP contribution >= 0.6 is 11.8 Å². The average molecular weight is 160 g/mol. The van der Waals surface area contributed by atoms with Gasteiger partial charge in [-0.1, -0.05) is 11.8 Å². The first-order valence-electron chi connectivity index (χ1n) is 3.12. The minimum Gasteiger partial charge on any atom is -0.480 e. The normalized spacial score (nSPS) is 26.4. The quantitative estimate of drug-likeness (QED) is 0.618. The van der Waals surface area contributed by atoms with E-state index in [1.165, 1.54) is 0 Å². The van der Waals surface area contributed by atoms with Gasteiger partial charge in [-0.25, -0.2) is 0 Å². The lowest BCUT2D eigenvalue weighted by Crippen LogP contribution is -2.22. The predicted molar refractivity (Wildman–Crippen MR) is 37.9 cm³/mol. The zero-order chi connectivity index (χ0) is 7.56. The lowest BCUT2D eigenvalue weighted by molar-refractivity contribution is -0.136. The van der Waals surface area contributed by atoms with Crippen LogP contribution in [0, 0.1) is 0 Å². The summed E-state index contributed by atoms with van der Waals surface area (Å²) in [5.41, 5.74) is 0. The van der Waals surface area contributed by atoms with E-state index in [-0.39, 0.29) is 5.12 Å². The molecule has 0 spiro atoms. The van der Waals surface area contributed by atoms with Gasteiger partial charge in [0.25, 0.3) is 0 Å². The number of aliphatic carboxylic acids is 1. The Bertz CT molecular complexity index is 164. The number of thioether (sulfide) groups is 1. The van der Waals surface area contributed by atoms with Crippen LogP contribution in [0.25, 0.3) is 0 Å². The zero-order valence-corrected chi connectivity index (χ0v) is 6.19. The zero-order valence-electron chi connectivity index (χ0n) is 5.37. The van der Waals surface area contributed by atoms with Crippen LogP contribution in [0.1, 0.15) is 19.3 Å². The van der Waals surface area contributed by atoms with Crippen LogP contribution in [0.3, 0.4) is 0 Å². The molecule has 4 heteroatoms. The van der Waals surface area contributed by atoms with E-state index in [0.717, 1.165) is 18.2 Å². The molecule has 0 aliphatic carbocycles. The molecule has 3 nitrogen and oxygen atoms in total. The van der Waals surface area contributed by atoms with Crippen molar-refractivity contribution >= 4 is 22.8 Å². The third-order valence-corrected chi connectivity index (χ3v) is 2.59. The van der Waals surface area contributed by atoms with Gasteiger partial charge in [-0.05, 0) is 12.8 Å². The van der Waals surface area contributed by atoms with Gasteiger partial charge in [0.15, 0.2) is 5.12 Å². The molecule has 0 amide bonds. The van der Waals surface area contributed by atoms with Crippen molar-refractivity contribution in [3.05, 3.63) is 0 Å². The molecular formula is C6H8O3S. The number of carbonyl (C=O) groups is 2. The average Bonchev–Trinajstić information content (AvgIpc) is 1.88. The van der Waals surface area contributed by atoms with Crippen molar-refractivity contribution in [3.8, 4) is 0 Å². The molecular weight excluding hydrogens is 152 g/mol. The summed E-state index contributed by atoms with van der Waals surface area (Å²) in [6, 6.07) is 0. The molecule has 1 fully saturated rings. The molecule has 1 rings (SSSR count). The fourth-order valence-electron chi connectivity index (χ4n) is 0.882. The Morgan fingerprint density at radius 2 is 2.40 bits per heavy atom. The number of carboxylic acid groups (broad SMARTS) is 1. The Morgan fingerprint density at radius 1 is 1.70 bits per heavy atom. The molecule has 56 valence electrons. The molecule has 1 atom stereocenters. The second-order valence-corrected chi connectivity index (χ2v) is 3.47. The topological polar surface area (TPSA) is 54.4 Å². The van der Waals surface area contributed by atoms with Gasteiger partial charge in [-0.2, -0.15) is 0 Å². The van der Waals surface area contributed by atoms with Gasteiger partial charge in [-0.3, -0.25) is 9.59 Å². The number of hydrogen-bond donors (Lipinski definition) is 1. The van der Waals surface area contributed by atoms with Crippen LogP contribution in [-0.2, 0) is 9.59 Å². The lowest BCUT2D eigenvalue weighted by Gasteiger charge is -2.14. The smallest absolute Gasteiger partial charge is 0.317 e. The van der Waals surface area contributed by atoms with Crippen molar-refractivity contribution in [2.24, 2.45) is 0 Å². The van der Waals surface area contributed by atoms with Crippen molar-refractivity contribution in [2.75, 3.05) is 0 Å². The third-order valence-electron chi connectivity index (χ3n) is 1.40. The highest BCUT2D eigenvalue weighted by Crippen LogP contribution is 2.26. The molecule has 10 heavy (non-hydrogen) atoms. The van der Waals surface area contributed by atoms with Gasteiger partial charge in [0.2, 0.25) is 0 Å². The van der Waals surface area contributed by atoms with E-state index >= 15 is 0 Å². The Hall–Kier alpha value is -0.510. The van der Waals surface area contributed by atoms with Gasteiger partial charge in [0.05, 0.1) is 0 Å². The first kappa shape index (κ1) is 7.60. The number of carboxylic acids is 1. The van der Waals surface area contributed by atoms with Crippen molar-refractivity contribution in [2.45, 2.75) is 24.5 Å². The Labute approximate surface area is 62.8 Å². The fraction of sp³-hybridized carbons (Fsp3) is 0.667. The molecule has 0 radical (unpaired) electrons. The Morgan fingerprint density at radius 3 is 2.80 bits per heavy atom. The highest BCUT2D eigenvalue weighted by Gasteiger charge is 2.25. The number of hydrogen-bond acceptors (Lipinski definition) is 3. The molecule has 1 aliphatic rings. The van der Waals surface area contributed by atoms with Gasteiger partial charge in [-0.15, -0.1) is 0 Å². The summed E-state index contributed by atoms with van der Waals surface area (Å²) in [5, 5.41) is 8.01. The van der Waals surface area contributed by atoms with E-state index in [0.29, 0.717) is 12.8 Å². The van der Waals surface area contributed by atoms with Crippen molar-refractivity contribution in [3.63, 3.8) is 0 Å². The highest BCUT2D eigenvalue weighted by molar-refractivity contribution is 8.14. The van der Waals surface area contributed by atoms with E-state index in [9.17, 15) is 9.59 Å². The summed E-state index contributed by atoms with van der Waals surface area (Å²) in [7, 11) is 0. The standard InChI is InChI=1S/C6H8O3S/c7-5-3-1-2-4(10-5)6(8)9/h4H,1-3H2,(H,8,9).